The van der Waals surface area contributed by atoms with E-state index in [1.165, 1.54) is 7.11 Å². The minimum atomic E-state index is -1.55. The van der Waals surface area contributed by atoms with E-state index in [0.29, 0.717) is 11.5 Å². The highest BCUT2D eigenvalue weighted by Gasteiger charge is 2.19. The fraction of sp³-hybridized carbons (Fsp3) is 0.333. The van der Waals surface area contributed by atoms with Gasteiger partial charge < -0.3 is 19.9 Å². The molecule has 0 fully saturated rings. The first-order valence-electron chi connectivity index (χ1n) is 5.41. The molecule has 19 heavy (non-hydrogen) atoms. The molecule has 2 N–H and O–H groups in total. The van der Waals surface area contributed by atoms with Gasteiger partial charge in [0.25, 0.3) is 5.91 Å². The standard InChI is InChI=1S/C12H14FNO5/c1-18-8-2-4-9(5-3-8)19-7-11(15)14-10(6-13)12(16)17/h2-5,10H,6-7H2,1H3,(H,14,15)(H,16,17). The van der Waals surface area contributed by atoms with Gasteiger partial charge in [-0.05, 0) is 24.3 Å². The van der Waals surface area contributed by atoms with E-state index in [-0.39, 0.29) is 0 Å². The van der Waals surface area contributed by atoms with Gasteiger partial charge in [-0.2, -0.15) is 0 Å². The van der Waals surface area contributed by atoms with Gasteiger partial charge in [-0.25, -0.2) is 9.18 Å². The van der Waals surface area contributed by atoms with Crippen molar-refractivity contribution in [1.82, 2.24) is 5.32 Å². The molecule has 1 atom stereocenters. The smallest absolute Gasteiger partial charge is 0.328 e. The molecule has 0 radical (unpaired) electrons. The van der Waals surface area contributed by atoms with Crippen LogP contribution in [-0.4, -0.2) is 43.4 Å². The third kappa shape index (κ3) is 4.82. The Morgan fingerprint density at radius 3 is 2.37 bits per heavy atom. The molecular formula is C12H14FNO5. The summed E-state index contributed by atoms with van der Waals surface area (Å²) in [7, 11) is 1.52. The number of ether oxygens (including phenoxy) is 2. The van der Waals surface area contributed by atoms with Crippen LogP contribution in [0.4, 0.5) is 4.39 Å². The van der Waals surface area contributed by atoms with Gasteiger partial charge >= 0.3 is 5.97 Å². The van der Waals surface area contributed by atoms with E-state index in [1.807, 2.05) is 5.32 Å². The predicted molar refractivity (Wildman–Crippen MR) is 64.0 cm³/mol. The highest BCUT2D eigenvalue weighted by molar-refractivity contribution is 5.84. The lowest BCUT2D eigenvalue weighted by molar-refractivity contribution is -0.142. The van der Waals surface area contributed by atoms with Crippen molar-refractivity contribution < 1.29 is 28.6 Å². The summed E-state index contributed by atoms with van der Waals surface area (Å²) in [6.07, 6.45) is 0. The number of amides is 1. The highest BCUT2D eigenvalue weighted by Crippen LogP contribution is 2.16. The van der Waals surface area contributed by atoms with E-state index in [2.05, 4.69) is 0 Å². The van der Waals surface area contributed by atoms with E-state index in [0.717, 1.165) is 0 Å². The summed E-state index contributed by atoms with van der Waals surface area (Å²) in [6, 6.07) is 4.93. The Morgan fingerprint density at radius 2 is 1.89 bits per heavy atom. The number of hydrogen-bond donors (Lipinski definition) is 2. The van der Waals surface area contributed by atoms with E-state index < -0.39 is 31.2 Å². The maximum atomic E-state index is 12.3. The third-order valence-corrected chi connectivity index (χ3v) is 2.22. The first-order valence-corrected chi connectivity index (χ1v) is 5.41. The molecule has 1 rings (SSSR count). The number of nitrogens with one attached hydrogen (secondary N) is 1. The molecule has 1 amide bonds. The second-order valence-corrected chi connectivity index (χ2v) is 3.58. The number of halogens is 1. The molecule has 0 bridgehead atoms. The average Bonchev–Trinajstić information content (AvgIpc) is 2.42. The van der Waals surface area contributed by atoms with Gasteiger partial charge in [-0.15, -0.1) is 0 Å². The molecule has 1 aromatic rings. The van der Waals surface area contributed by atoms with Crippen LogP contribution in [0.15, 0.2) is 24.3 Å². The molecule has 0 heterocycles. The number of hydrogen-bond acceptors (Lipinski definition) is 4. The van der Waals surface area contributed by atoms with E-state index in [9.17, 15) is 14.0 Å². The second-order valence-electron chi connectivity index (χ2n) is 3.58. The zero-order chi connectivity index (χ0) is 14.3. The van der Waals surface area contributed by atoms with Crippen LogP contribution in [0.25, 0.3) is 0 Å². The molecule has 0 spiro atoms. The zero-order valence-corrected chi connectivity index (χ0v) is 10.3. The average molecular weight is 271 g/mol. The summed E-state index contributed by atoms with van der Waals surface area (Å²) < 4.78 is 22.3. The molecule has 0 aliphatic rings. The second kappa shape index (κ2) is 7.20. The van der Waals surface area contributed by atoms with Crippen LogP contribution in [-0.2, 0) is 9.59 Å². The Morgan fingerprint density at radius 1 is 1.32 bits per heavy atom. The normalized spacial score (nSPS) is 11.5. The fourth-order valence-electron chi connectivity index (χ4n) is 1.22. The molecule has 1 aromatic carbocycles. The van der Waals surface area contributed by atoms with Gasteiger partial charge in [0.2, 0.25) is 0 Å². The summed E-state index contributed by atoms with van der Waals surface area (Å²) in [5.74, 6) is -1.08. The van der Waals surface area contributed by atoms with Gasteiger partial charge in [0.1, 0.15) is 18.2 Å². The Balaban J connectivity index is 2.42. The number of alkyl halides is 1. The van der Waals surface area contributed by atoms with Gasteiger partial charge in [0.15, 0.2) is 12.6 Å². The molecule has 0 saturated heterocycles. The Hall–Kier alpha value is -2.31. The van der Waals surface area contributed by atoms with Crippen LogP contribution in [0.2, 0.25) is 0 Å². The first-order chi connectivity index (χ1) is 9.06. The topological polar surface area (TPSA) is 84.9 Å². The number of rotatable bonds is 7. The number of benzene rings is 1. The number of methoxy groups -OCH3 is 1. The van der Waals surface area contributed by atoms with Gasteiger partial charge in [-0.3, -0.25) is 4.79 Å². The van der Waals surface area contributed by atoms with Crippen molar-refractivity contribution in [2.45, 2.75) is 6.04 Å². The molecule has 6 nitrogen and oxygen atoms in total. The summed E-state index contributed by atoms with van der Waals surface area (Å²) in [4.78, 5) is 21.8. The molecule has 0 aromatic heterocycles. The van der Waals surface area contributed by atoms with Crippen molar-refractivity contribution in [1.29, 1.82) is 0 Å². The van der Waals surface area contributed by atoms with Gasteiger partial charge in [0, 0.05) is 0 Å². The van der Waals surface area contributed by atoms with Crippen LogP contribution in [0.3, 0.4) is 0 Å². The molecule has 0 saturated carbocycles. The number of carbonyl (C=O) groups is 2. The lowest BCUT2D eigenvalue weighted by atomic mass is 10.3. The van der Waals surface area contributed by atoms with Crippen molar-refractivity contribution >= 4 is 11.9 Å². The largest absolute Gasteiger partial charge is 0.497 e. The maximum absolute atomic E-state index is 12.3. The number of carboxylic acid groups (broad SMARTS) is 1. The van der Waals surface area contributed by atoms with E-state index in [4.69, 9.17) is 14.6 Å². The minimum absolute atomic E-state index is 0.393. The molecule has 7 heteroatoms. The lowest BCUT2D eigenvalue weighted by Crippen LogP contribution is -2.44. The quantitative estimate of drug-likeness (QED) is 0.759. The van der Waals surface area contributed by atoms with Crippen molar-refractivity contribution in [3.05, 3.63) is 24.3 Å². The van der Waals surface area contributed by atoms with Gasteiger partial charge in [-0.1, -0.05) is 0 Å². The minimum Gasteiger partial charge on any atom is -0.497 e. The molecule has 1 unspecified atom stereocenters. The summed E-state index contributed by atoms with van der Waals surface area (Å²) in [5, 5.41) is 10.6. The number of carboxylic acids is 1. The van der Waals surface area contributed by atoms with E-state index in [1.54, 1.807) is 24.3 Å². The Bertz CT molecular complexity index is 434. The molecule has 0 aliphatic heterocycles. The van der Waals surface area contributed by atoms with Crippen LogP contribution in [0, 0.1) is 0 Å². The number of carbonyl (C=O) groups excluding carboxylic acids is 1. The Kier molecular flexibility index (Phi) is 5.59. The zero-order valence-electron chi connectivity index (χ0n) is 10.3. The van der Waals surface area contributed by atoms with Crippen LogP contribution in [0.1, 0.15) is 0 Å². The third-order valence-electron chi connectivity index (χ3n) is 2.22. The first kappa shape index (κ1) is 14.7. The van der Waals surface area contributed by atoms with Crippen LogP contribution < -0.4 is 14.8 Å². The summed E-state index contributed by atoms with van der Waals surface area (Å²) >= 11 is 0. The van der Waals surface area contributed by atoms with Gasteiger partial charge in [0.05, 0.1) is 7.11 Å². The van der Waals surface area contributed by atoms with Crippen LogP contribution >= 0.6 is 0 Å². The molecular weight excluding hydrogens is 257 g/mol. The monoisotopic (exact) mass is 271 g/mol. The van der Waals surface area contributed by atoms with Crippen molar-refractivity contribution in [3.8, 4) is 11.5 Å². The Labute approximate surface area is 109 Å². The van der Waals surface area contributed by atoms with Crippen molar-refractivity contribution in [2.75, 3.05) is 20.4 Å². The maximum Gasteiger partial charge on any atom is 0.328 e. The van der Waals surface area contributed by atoms with Crippen LogP contribution in [0.5, 0.6) is 11.5 Å². The number of aliphatic carboxylic acids is 1. The summed E-state index contributed by atoms with van der Waals surface area (Å²) in [6.45, 7) is -1.57. The van der Waals surface area contributed by atoms with E-state index >= 15 is 0 Å². The SMILES string of the molecule is COc1ccc(OCC(=O)NC(CF)C(=O)O)cc1. The lowest BCUT2D eigenvalue weighted by Gasteiger charge is -2.11. The highest BCUT2D eigenvalue weighted by atomic mass is 19.1. The van der Waals surface area contributed by atoms with Crippen molar-refractivity contribution in [3.63, 3.8) is 0 Å². The van der Waals surface area contributed by atoms with Crippen molar-refractivity contribution in [2.24, 2.45) is 0 Å². The fourth-order valence-corrected chi connectivity index (χ4v) is 1.22. The molecule has 104 valence electrons. The summed E-state index contributed by atoms with van der Waals surface area (Å²) in [5.41, 5.74) is 0. The predicted octanol–water partition coefficient (Wildman–Crippen LogP) is 0.613. The molecule has 0 aliphatic carbocycles.